The Balaban J connectivity index is 2.44. The number of fused-ring (bicyclic) bond motifs is 1. The van der Waals surface area contributed by atoms with E-state index in [0.717, 1.165) is 30.4 Å². The number of amides is 1. The molecule has 14 heavy (non-hydrogen) atoms. The molecular formula is C12H13NO. The minimum atomic E-state index is -0.290. The summed E-state index contributed by atoms with van der Waals surface area (Å²) in [7, 11) is 0. The molecule has 2 rings (SSSR count). The number of carbonyl (C=O) groups is 1. The molecule has 2 nitrogen and oxygen atoms in total. The third-order valence-corrected chi connectivity index (χ3v) is 2.59. The molecule has 72 valence electrons. The fourth-order valence-electron chi connectivity index (χ4n) is 1.83. The van der Waals surface area contributed by atoms with Crippen molar-refractivity contribution in [2.75, 3.05) is 0 Å². The lowest BCUT2D eigenvalue weighted by Gasteiger charge is -2.00. The highest BCUT2D eigenvalue weighted by Gasteiger charge is 2.11. The van der Waals surface area contributed by atoms with Gasteiger partial charge in [-0.25, -0.2) is 0 Å². The van der Waals surface area contributed by atoms with Crippen molar-refractivity contribution in [1.82, 2.24) is 0 Å². The van der Waals surface area contributed by atoms with Crippen molar-refractivity contribution in [1.29, 1.82) is 0 Å². The largest absolute Gasteiger partial charge is 0.366 e. The lowest BCUT2D eigenvalue weighted by Crippen LogP contribution is -2.13. The number of carbonyl (C=O) groups excluding carboxylic acids is 1. The molecule has 0 fully saturated rings. The number of hydrogen-bond acceptors (Lipinski definition) is 1. The number of aryl methyl sites for hydroxylation is 1. The normalized spacial score (nSPS) is 15.3. The van der Waals surface area contributed by atoms with Gasteiger partial charge in [-0.05, 0) is 36.5 Å². The van der Waals surface area contributed by atoms with E-state index >= 15 is 0 Å². The summed E-state index contributed by atoms with van der Waals surface area (Å²) in [6.07, 6.45) is 4.75. The second-order valence-electron chi connectivity index (χ2n) is 3.59. The molecule has 0 radical (unpaired) electrons. The van der Waals surface area contributed by atoms with Crippen molar-refractivity contribution in [2.24, 2.45) is 5.73 Å². The van der Waals surface area contributed by atoms with E-state index in [1.165, 1.54) is 5.56 Å². The first-order valence-electron chi connectivity index (χ1n) is 4.85. The molecule has 0 spiro atoms. The molecule has 2 N–H and O–H groups in total. The average molecular weight is 187 g/mol. The van der Waals surface area contributed by atoms with Crippen LogP contribution in [0.2, 0.25) is 0 Å². The highest BCUT2D eigenvalue weighted by molar-refractivity contribution is 5.96. The number of hydrogen-bond donors (Lipinski definition) is 1. The Morgan fingerprint density at radius 1 is 1.21 bits per heavy atom. The van der Waals surface area contributed by atoms with Crippen molar-refractivity contribution in [3.8, 4) is 0 Å². The first kappa shape index (κ1) is 9.00. The zero-order valence-electron chi connectivity index (χ0n) is 7.99. The van der Waals surface area contributed by atoms with Gasteiger partial charge in [-0.1, -0.05) is 24.3 Å². The molecule has 0 aromatic heterocycles. The average Bonchev–Trinajstić information content (AvgIpc) is 2.39. The van der Waals surface area contributed by atoms with Crippen molar-refractivity contribution >= 4 is 12.0 Å². The fraction of sp³-hybridized carbons (Fsp3) is 0.250. The maximum absolute atomic E-state index is 11.1. The predicted octanol–water partition coefficient (Wildman–Crippen LogP) is 1.89. The standard InChI is InChI=1S/C12H13NO/c13-12(14)11-7-3-6-9-4-1-2-5-10(9)8-11/h1-2,4-5,8H,3,6-7H2,(H2,13,14). The lowest BCUT2D eigenvalue weighted by atomic mass is 10.1. The Morgan fingerprint density at radius 2 is 2.00 bits per heavy atom. The van der Waals surface area contributed by atoms with Crippen LogP contribution < -0.4 is 5.73 Å². The third-order valence-electron chi connectivity index (χ3n) is 2.59. The molecule has 2 heteroatoms. The van der Waals surface area contributed by atoms with E-state index in [2.05, 4.69) is 6.07 Å². The van der Waals surface area contributed by atoms with Crippen LogP contribution in [0.15, 0.2) is 29.8 Å². The van der Waals surface area contributed by atoms with Crippen molar-refractivity contribution in [3.05, 3.63) is 41.0 Å². The Morgan fingerprint density at radius 3 is 2.79 bits per heavy atom. The SMILES string of the molecule is NC(=O)C1=Cc2ccccc2CCC1. The number of benzene rings is 1. The minimum absolute atomic E-state index is 0.290. The Bertz CT molecular complexity index is 393. The summed E-state index contributed by atoms with van der Waals surface area (Å²) < 4.78 is 0. The summed E-state index contributed by atoms with van der Waals surface area (Å²) in [5.41, 5.74) is 8.48. The number of nitrogens with two attached hydrogens (primary N) is 1. The molecule has 0 saturated heterocycles. The summed E-state index contributed by atoms with van der Waals surface area (Å²) in [4.78, 5) is 11.1. The van der Waals surface area contributed by atoms with Gasteiger partial charge in [-0.3, -0.25) is 4.79 Å². The van der Waals surface area contributed by atoms with Gasteiger partial charge in [-0.2, -0.15) is 0 Å². The summed E-state index contributed by atoms with van der Waals surface area (Å²) in [5, 5.41) is 0. The van der Waals surface area contributed by atoms with Crippen LogP contribution in [-0.2, 0) is 11.2 Å². The molecule has 0 heterocycles. The fourth-order valence-corrected chi connectivity index (χ4v) is 1.83. The molecule has 1 aromatic carbocycles. The summed E-state index contributed by atoms with van der Waals surface area (Å²) in [6.45, 7) is 0. The van der Waals surface area contributed by atoms with E-state index in [-0.39, 0.29) is 5.91 Å². The second-order valence-corrected chi connectivity index (χ2v) is 3.59. The smallest absolute Gasteiger partial charge is 0.244 e. The topological polar surface area (TPSA) is 43.1 Å². The molecule has 1 aliphatic carbocycles. The van der Waals surface area contributed by atoms with Crippen molar-refractivity contribution < 1.29 is 4.79 Å². The molecule has 0 atom stereocenters. The van der Waals surface area contributed by atoms with Gasteiger partial charge < -0.3 is 5.73 Å². The van der Waals surface area contributed by atoms with Crippen LogP contribution >= 0.6 is 0 Å². The molecule has 1 amide bonds. The first-order valence-corrected chi connectivity index (χ1v) is 4.85. The van der Waals surface area contributed by atoms with Crippen LogP contribution in [0.4, 0.5) is 0 Å². The number of primary amides is 1. The molecule has 0 saturated carbocycles. The molecule has 0 unspecified atom stereocenters. The maximum atomic E-state index is 11.1. The molecule has 0 aliphatic heterocycles. The quantitative estimate of drug-likeness (QED) is 0.716. The van der Waals surface area contributed by atoms with E-state index in [1.54, 1.807) is 0 Å². The summed E-state index contributed by atoms with van der Waals surface area (Å²) in [6, 6.07) is 8.15. The molecule has 1 aliphatic rings. The van der Waals surface area contributed by atoms with Crippen LogP contribution in [-0.4, -0.2) is 5.91 Å². The third kappa shape index (κ3) is 1.69. The molecular weight excluding hydrogens is 174 g/mol. The van der Waals surface area contributed by atoms with E-state index < -0.39 is 0 Å². The second kappa shape index (κ2) is 3.66. The van der Waals surface area contributed by atoms with Gasteiger partial charge in [-0.15, -0.1) is 0 Å². The molecule has 0 bridgehead atoms. The van der Waals surface area contributed by atoms with Gasteiger partial charge in [0.05, 0.1) is 0 Å². The highest BCUT2D eigenvalue weighted by Crippen LogP contribution is 2.22. The monoisotopic (exact) mass is 187 g/mol. The van der Waals surface area contributed by atoms with E-state index in [0.29, 0.717) is 0 Å². The predicted molar refractivity (Wildman–Crippen MR) is 56.6 cm³/mol. The maximum Gasteiger partial charge on any atom is 0.244 e. The minimum Gasteiger partial charge on any atom is -0.366 e. The van der Waals surface area contributed by atoms with Crippen LogP contribution in [0.25, 0.3) is 6.08 Å². The zero-order valence-corrected chi connectivity index (χ0v) is 7.99. The van der Waals surface area contributed by atoms with Crippen LogP contribution in [0.5, 0.6) is 0 Å². The van der Waals surface area contributed by atoms with Gasteiger partial charge >= 0.3 is 0 Å². The lowest BCUT2D eigenvalue weighted by molar-refractivity contribution is -0.114. The van der Waals surface area contributed by atoms with Crippen LogP contribution in [0, 0.1) is 0 Å². The van der Waals surface area contributed by atoms with Crippen molar-refractivity contribution in [3.63, 3.8) is 0 Å². The van der Waals surface area contributed by atoms with Gasteiger partial charge in [0.25, 0.3) is 0 Å². The summed E-state index contributed by atoms with van der Waals surface area (Å²) >= 11 is 0. The van der Waals surface area contributed by atoms with E-state index in [4.69, 9.17) is 5.73 Å². The van der Waals surface area contributed by atoms with Gasteiger partial charge in [0.2, 0.25) is 5.91 Å². The first-order chi connectivity index (χ1) is 6.77. The van der Waals surface area contributed by atoms with Gasteiger partial charge in [0.15, 0.2) is 0 Å². The Hall–Kier alpha value is -1.57. The zero-order chi connectivity index (χ0) is 9.97. The summed E-state index contributed by atoms with van der Waals surface area (Å²) in [5.74, 6) is -0.290. The van der Waals surface area contributed by atoms with E-state index in [9.17, 15) is 4.79 Å². The van der Waals surface area contributed by atoms with Gasteiger partial charge in [0.1, 0.15) is 0 Å². The van der Waals surface area contributed by atoms with Crippen molar-refractivity contribution in [2.45, 2.75) is 19.3 Å². The van der Waals surface area contributed by atoms with E-state index in [1.807, 2.05) is 24.3 Å². The Kier molecular flexibility index (Phi) is 2.35. The number of rotatable bonds is 1. The molecule has 1 aromatic rings. The van der Waals surface area contributed by atoms with Crippen LogP contribution in [0.1, 0.15) is 24.0 Å². The van der Waals surface area contributed by atoms with Gasteiger partial charge in [0, 0.05) is 5.57 Å². The Labute approximate surface area is 83.4 Å². The highest BCUT2D eigenvalue weighted by atomic mass is 16.1. The van der Waals surface area contributed by atoms with Crippen LogP contribution in [0.3, 0.4) is 0 Å².